The monoisotopic (exact) mass is 299 g/mol. The molecule has 0 atom stereocenters. The van der Waals surface area contributed by atoms with E-state index in [0.29, 0.717) is 24.7 Å². The van der Waals surface area contributed by atoms with Gasteiger partial charge in [-0.3, -0.25) is 0 Å². The minimum absolute atomic E-state index is 0.585. The summed E-state index contributed by atoms with van der Waals surface area (Å²) in [7, 11) is 0. The van der Waals surface area contributed by atoms with Crippen molar-refractivity contribution in [1.82, 2.24) is 9.97 Å². The number of hydrogen-bond acceptors (Lipinski definition) is 5. The van der Waals surface area contributed by atoms with Crippen LogP contribution < -0.4 is 16.0 Å². The Morgan fingerprint density at radius 2 is 1.91 bits per heavy atom. The van der Waals surface area contributed by atoms with Crippen molar-refractivity contribution in [2.75, 3.05) is 36.5 Å². The lowest BCUT2D eigenvalue weighted by Gasteiger charge is -2.27. The number of primary amides is 1. The van der Waals surface area contributed by atoms with Gasteiger partial charge < -0.3 is 20.7 Å². The van der Waals surface area contributed by atoms with Crippen LogP contribution in [0.15, 0.2) is 36.5 Å². The Bertz CT molecular complexity index is 653. The van der Waals surface area contributed by atoms with E-state index in [2.05, 4.69) is 20.2 Å². The quantitative estimate of drug-likeness (QED) is 0.895. The molecule has 0 saturated carbocycles. The van der Waals surface area contributed by atoms with Crippen LogP contribution in [0.4, 0.5) is 16.3 Å². The number of nitrogens with zero attached hydrogens (tertiary/aromatic N) is 3. The highest BCUT2D eigenvalue weighted by atomic mass is 16.5. The second kappa shape index (κ2) is 6.40. The lowest BCUT2D eigenvalue weighted by atomic mass is 10.2. The lowest BCUT2D eigenvalue weighted by Crippen LogP contribution is -2.36. The molecule has 1 aromatic heterocycles. The van der Waals surface area contributed by atoms with E-state index in [4.69, 9.17) is 10.5 Å². The van der Waals surface area contributed by atoms with Crippen molar-refractivity contribution < 1.29 is 9.53 Å². The fourth-order valence-corrected chi connectivity index (χ4v) is 2.30. The van der Waals surface area contributed by atoms with Crippen molar-refractivity contribution in [1.29, 1.82) is 0 Å². The molecule has 2 heterocycles. The van der Waals surface area contributed by atoms with Gasteiger partial charge in [0.1, 0.15) is 5.82 Å². The third-order valence-electron chi connectivity index (χ3n) is 3.39. The number of rotatable bonds is 3. The number of hydrogen-bond donors (Lipinski definition) is 2. The number of nitrogens with two attached hydrogens (primary N) is 1. The molecule has 0 aliphatic carbocycles. The van der Waals surface area contributed by atoms with E-state index in [-0.39, 0.29) is 0 Å². The van der Waals surface area contributed by atoms with Gasteiger partial charge in [-0.15, -0.1) is 0 Å². The van der Waals surface area contributed by atoms with E-state index in [0.717, 1.165) is 24.5 Å². The van der Waals surface area contributed by atoms with Crippen LogP contribution in [0.3, 0.4) is 0 Å². The molecule has 3 rings (SSSR count). The number of urea groups is 1. The number of ether oxygens (including phenoxy) is 1. The van der Waals surface area contributed by atoms with Crippen molar-refractivity contribution in [2.24, 2.45) is 5.73 Å². The average molecular weight is 299 g/mol. The van der Waals surface area contributed by atoms with Crippen LogP contribution in [-0.2, 0) is 4.74 Å². The Morgan fingerprint density at radius 1 is 1.18 bits per heavy atom. The Balaban J connectivity index is 1.80. The standard InChI is InChI=1S/C15H17N5O2/c16-15(21)18-12-3-1-11(2-4-12)14-17-6-5-13(19-14)20-7-9-22-10-8-20/h1-6H,7-10H2,(H3,16,18,21). The van der Waals surface area contributed by atoms with Crippen molar-refractivity contribution in [3.8, 4) is 11.4 Å². The molecule has 0 bridgehead atoms. The zero-order valence-corrected chi connectivity index (χ0v) is 12.0. The molecule has 0 spiro atoms. The van der Waals surface area contributed by atoms with Gasteiger partial charge in [0.15, 0.2) is 5.82 Å². The molecule has 2 aromatic rings. The minimum atomic E-state index is -0.585. The Labute approximate surface area is 128 Å². The Hall–Kier alpha value is -2.67. The van der Waals surface area contributed by atoms with Crippen molar-refractivity contribution >= 4 is 17.5 Å². The third kappa shape index (κ3) is 3.32. The summed E-state index contributed by atoms with van der Waals surface area (Å²) in [4.78, 5) is 21.9. The van der Waals surface area contributed by atoms with Crippen LogP contribution in [0.5, 0.6) is 0 Å². The normalized spacial score (nSPS) is 14.6. The van der Waals surface area contributed by atoms with Crippen molar-refractivity contribution in [3.05, 3.63) is 36.5 Å². The number of amides is 2. The molecule has 2 amide bonds. The summed E-state index contributed by atoms with van der Waals surface area (Å²) >= 11 is 0. The van der Waals surface area contributed by atoms with Gasteiger partial charge in [0.2, 0.25) is 0 Å². The molecule has 114 valence electrons. The van der Waals surface area contributed by atoms with Gasteiger partial charge >= 0.3 is 6.03 Å². The summed E-state index contributed by atoms with van der Waals surface area (Å²) in [6.45, 7) is 3.09. The molecular weight excluding hydrogens is 282 g/mol. The zero-order valence-electron chi connectivity index (χ0n) is 12.0. The van der Waals surface area contributed by atoms with Crippen LogP contribution in [0.1, 0.15) is 0 Å². The molecule has 1 saturated heterocycles. The molecule has 0 radical (unpaired) electrons. The van der Waals surface area contributed by atoms with Crippen LogP contribution >= 0.6 is 0 Å². The van der Waals surface area contributed by atoms with Gasteiger partial charge in [-0.2, -0.15) is 0 Å². The molecule has 1 aromatic carbocycles. The van der Waals surface area contributed by atoms with Gasteiger partial charge in [-0.1, -0.05) is 0 Å². The first kappa shape index (κ1) is 14.3. The van der Waals surface area contributed by atoms with E-state index >= 15 is 0 Å². The van der Waals surface area contributed by atoms with E-state index in [1.54, 1.807) is 18.3 Å². The zero-order chi connectivity index (χ0) is 15.4. The number of carbonyl (C=O) groups is 1. The number of benzene rings is 1. The van der Waals surface area contributed by atoms with E-state index in [9.17, 15) is 4.79 Å². The number of nitrogens with one attached hydrogen (secondary N) is 1. The SMILES string of the molecule is NC(=O)Nc1ccc(-c2nccc(N3CCOCC3)n2)cc1. The van der Waals surface area contributed by atoms with Crippen molar-refractivity contribution in [3.63, 3.8) is 0 Å². The third-order valence-corrected chi connectivity index (χ3v) is 3.39. The molecule has 7 heteroatoms. The first-order chi connectivity index (χ1) is 10.7. The molecule has 1 aliphatic rings. The summed E-state index contributed by atoms with van der Waals surface area (Å²) in [5.41, 5.74) is 6.60. The molecule has 1 fully saturated rings. The van der Waals surface area contributed by atoms with E-state index in [1.165, 1.54) is 0 Å². The summed E-state index contributed by atoms with van der Waals surface area (Å²) in [6, 6.07) is 8.55. The van der Waals surface area contributed by atoms with Crippen LogP contribution in [-0.4, -0.2) is 42.3 Å². The summed E-state index contributed by atoms with van der Waals surface area (Å²) in [5, 5.41) is 2.52. The maximum absolute atomic E-state index is 10.8. The van der Waals surface area contributed by atoms with Crippen molar-refractivity contribution in [2.45, 2.75) is 0 Å². The summed E-state index contributed by atoms with van der Waals surface area (Å²) in [6.07, 6.45) is 1.75. The summed E-state index contributed by atoms with van der Waals surface area (Å²) < 4.78 is 5.35. The fraction of sp³-hybridized carbons (Fsp3) is 0.267. The molecular formula is C15H17N5O2. The van der Waals surface area contributed by atoms with Gasteiger partial charge in [-0.05, 0) is 30.3 Å². The number of morpholine rings is 1. The predicted octanol–water partition coefficient (Wildman–Crippen LogP) is 1.47. The van der Waals surface area contributed by atoms with Gasteiger partial charge in [0, 0.05) is 30.5 Å². The predicted molar refractivity (Wildman–Crippen MR) is 83.7 cm³/mol. The molecule has 1 aliphatic heterocycles. The van der Waals surface area contributed by atoms with Crippen LogP contribution in [0.2, 0.25) is 0 Å². The molecule has 3 N–H and O–H groups in total. The second-order valence-corrected chi connectivity index (χ2v) is 4.90. The molecule has 22 heavy (non-hydrogen) atoms. The minimum Gasteiger partial charge on any atom is -0.378 e. The first-order valence-corrected chi connectivity index (χ1v) is 7.05. The first-order valence-electron chi connectivity index (χ1n) is 7.05. The molecule has 0 unspecified atom stereocenters. The fourth-order valence-electron chi connectivity index (χ4n) is 2.30. The smallest absolute Gasteiger partial charge is 0.316 e. The Kier molecular flexibility index (Phi) is 4.15. The Morgan fingerprint density at radius 3 is 2.59 bits per heavy atom. The topological polar surface area (TPSA) is 93.4 Å². The summed E-state index contributed by atoms with van der Waals surface area (Å²) in [5.74, 6) is 1.54. The average Bonchev–Trinajstić information content (AvgIpc) is 2.56. The van der Waals surface area contributed by atoms with Crippen LogP contribution in [0, 0.1) is 0 Å². The number of anilines is 2. The maximum atomic E-state index is 10.8. The highest BCUT2D eigenvalue weighted by Gasteiger charge is 2.13. The van der Waals surface area contributed by atoms with E-state index < -0.39 is 6.03 Å². The van der Waals surface area contributed by atoms with Crippen LogP contribution in [0.25, 0.3) is 11.4 Å². The number of carbonyl (C=O) groups excluding carboxylic acids is 1. The second-order valence-electron chi connectivity index (χ2n) is 4.90. The van der Waals surface area contributed by atoms with Gasteiger partial charge in [0.25, 0.3) is 0 Å². The number of aromatic nitrogens is 2. The van der Waals surface area contributed by atoms with Gasteiger partial charge in [0.05, 0.1) is 13.2 Å². The maximum Gasteiger partial charge on any atom is 0.316 e. The largest absolute Gasteiger partial charge is 0.378 e. The molecule has 7 nitrogen and oxygen atoms in total. The lowest BCUT2D eigenvalue weighted by molar-refractivity contribution is 0.122. The van der Waals surface area contributed by atoms with E-state index in [1.807, 2.05) is 18.2 Å². The van der Waals surface area contributed by atoms with Gasteiger partial charge in [-0.25, -0.2) is 14.8 Å². The highest BCUT2D eigenvalue weighted by molar-refractivity contribution is 5.88. The highest BCUT2D eigenvalue weighted by Crippen LogP contribution is 2.20.